The van der Waals surface area contributed by atoms with E-state index in [-0.39, 0.29) is 38.7 Å². The molecular formula is C38H48ClF3N4O8SSi. The SMILES string of the molecule is CC[Si](CC)(CC)OC(CN(CCOc1ccc2c(C(F)(F)F)nn(C(=O)O)c2c1)Cc1ccccc1)c1ccc(Cl)c(NS(=O)(=O)CC(=O)OC(C)(C)C)c1. The number of hydrogen-bond acceptors (Lipinski definition) is 9. The highest BCUT2D eigenvalue weighted by atomic mass is 35.5. The minimum atomic E-state index is -4.86. The third-order valence-electron chi connectivity index (χ3n) is 9.13. The average molecular weight is 841 g/mol. The number of carbonyl (C=O) groups excluding carboxylic acids is 1. The highest BCUT2D eigenvalue weighted by Gasteiger charge is 2.38. The molecule has 1 unspecified atom stereocenters. The van der Waals surface area contributed by atoms with Crippen LogP contribution < -0.4 is 9.46 Å². The molecule has 0 aliphatic rings. The topological polar surface area (TPSA) is 149 Å². The maximum Gasteiger partial charge on any atom is 0.435 e. The summed E-state index contributed by atoms with van der Waals surface area (Å²) in [5, 5.41) is 12.5. The molecule has 18 heteroatoms. The van der Waals surface area contributed by atoms with Crippen LogP contribution in [0.4, 0.5) is 23.7 Å². The van der Waals surface area contributed by atoms with Gasteiger partial charge in [0.2, 0.25) is 10.0 Å². The Kier molecular flexibility index (Phi) is 14.6. The van der Waals surface area contributed by atoms with Crippen molar-refractivity contribution in [2.45, 2.75) is 84.1 Å². The normalized spacial score (nSPS) is 13.2. The number of benzene rings is 3. The third-order valence-corrected chi connectivity index (χ3v) is 15.3. The molecular weight excluding hydrogens is 793 g/mol. The molecule has 3 aromatic carbocycles. The molecule has 0 spiro atoms. The number of anilines is 1. The molecule has 0 amide bonds. The molecule has 0 saturated heterocycles. The predicted octanol–water partition coefficient (Wildman–Crippen LogP) is 8.96. The smallest absolute Gasteiger partial charge is 0.435 e. The molecule has 4 aromatic rings. The van der Waals surface area contributed by atoms with E-state index >= 15 is 0 Å². The summed E-state index contributed by atoms with van der Waals surface area (Å²) in [6.45, 7) is 12.3. The molecule has 0 radical (unpaired) electrons. The van der Waals surface area contributed by atoms with Crippen molar-refractivity contribution in [3.8, 4) is 5.75 Å². The number of nitrogens with zero attached hydrogens (tertiary/aromatic N) is 3. The van der Waals surface area contributed by atoms with Crippen LogP contribution in [0.15, 0.2) is 66.7 Å². The van der Waals surface area contributed by atoms with Crippen molar-refractivity contribution in [1.29, 1.82) is 0 Å². The predicted molar refractivity (Wildman–Crippen MR) is 211 cm³/mol. The average Bonchev–Trinajstić information content (AvgIpc) is 3.51. The first kappa shape index (κ1) is 44.6. The zero-order valence-corrected chi connectivity index (χ0v) is 34.7. The van der Waals surface area contributed by atoms with Crippen LogP contribution in [0.3, 0.4) is 0 Å². The quantitative estimate of drug-likeness (QED) is 0.0735. The van der Waals surface area contributed by atoms with E-state index in [0.717, 1.165) is 29.8 Å². The fraction of sp³-hybridized carbons (Fsp3) is 0.447. The summed E-state index contributed by atoms with van der Waals surface area (Å²) in [4.78, 5) is 26.2. The highest BCUT2D eigenvalue weighted by molar-refractivity contribution is 7.93. The number of hydrogen-bond donors (Lipinski definition) is 2. The maximum atomic E-state index is 13.6. The highest BCUT2D eigenvalue weighted by Crippen LogP contribution is 2.36. The molecule has 1 atom stereocenters. The van der Waals surface area contributed by atoms with Crippen molar-refractivity contribution in [2.24, 2.45) is 0 Å². The summed E-state index contributed by atoms with van der Waals surface area (Å²) in [6.07, 6.45) is -7.10. The van der Waals surface area contributed by atoms with E-state index in [0.29, 0.717) is 25.2 Å². The van der Waals surface area contributed by atoms with Gasteiger partial charge in [0, 0.05) is 31.1 Å². The van der Waals surface area contributed by atoms with Gasteiger partial charge in [-0.05, 0) is 74.3 Å². The summed E-state index contributed by atoms with van der Waals surface area (Å²) in [5.41, 5.74) is -0.762. The van der Waals surface area contributed by atoms with Crippen LogP contribution in [0.2, 0.25) is 23.2 Å². The zero-order valence-electron chi connectivity index (χ0n) is 32.2. The van der Waals surface area contributed by atoms with Gasteiger partial charge in [-0.15, -0.1) is 0 Å². The van der Waals surface area contributed by atoms with Crippen molar-refractivity contribution in [3.05, 3.63) is 88.6 Å². The second-order valence-corrected chi connectivity index (χ2v) is 21.2. The number of rotatable bonds is 18. The van der Waals surface area contributed by atoms with E-state index in [2.05, 4.69) is 35.5 Å². The molecule has 0 fully saturated rings. The Morgan fingerprint density at radius 2 is 1.66 bits per heavy atom. The van der Waals surface area contributed by atoms with E-state index < -0.39 is 59.7 Å². The molecule has 2 N–H and O–H groups in total. The summed E-state index contributed by atoms with van der Waals surface area (Å²) in [7, 11) is -6.52. The van der Waals surface area contributed by atoms with Crippen molar-refractivity contribution in [3.63, 3.8) is 0 Å². The van der Waals surface area contributed by atoms with Gasteiger partial charge in [0.25, 0.3) is 0 Å². The number of alkyl halides is 3. The molecule has 1 heterocycles. The molecule has 4 rings (SSSR count). The minimum Gasteiger partial charge on any atom is -0.492 e. The Balaban J connectivity index is 1.65. The van der Waals surface area contributed by atoms with E-state index in [1.54, 1.807) is 39.0 Å². The molecule has 0 bridgehead atoms. The Morgan fingerprint density at radius 3 is 2.25 bits per heavy atom. The van der Waals surface area contributed by atoms with Gasteiger partial charge in [0.05, 0.1) is 22.3 Å². The monoisotopic (exact) mass is 840 g/mol. The van der Waals surface area contributed by atoms with Crippen molar-refractivity contribution < 1.29 is 50.2 Å². The molecule has 12 nitrogen and oxygen atoms in total. The molecule has 0 saturated carbocycles. The standard InChI is InChI=1S/C38H48ClF3N4O8SSi/c1-7-56(8-2,9-3)54-33(27-15-18-30(39)31(21-27)44-55(50,51)25-34(47)53-37(4,5)6)24-45(23-26-13-11-10-12-14-26)19-20-52-28-16-17-29-32(22-28)46(36(48)49)43-35(29)38(40,41)42/h10-18,21-22,33,44H,7-9,19-20,23-25H2,1-6H3,(H,48,49). The van der Waals surface area contributed by atoms with Gasteiger partial charge in [-0.1, -0.05) is 68.8 Å². The lowest BCUT2D eigenvalue weighted by Gasteiger charge is -2.36. The van der Waals surface area contributed by atoms with Crippen molar-refractivity contribution in [1.82, 2.24) is 14.7 Å². The summed E-state index contributed by atoms with van der Waals surface area (Å²) >= 11 is 6.50. The number of carboxylic acid groups (broad SMARTS) is 1. The maximum absolute atomic E-state index is 13.6. The summed E-state index contributed by atoms with van der Waals surface area (Å²) < 4.78 is 88.0. The van der Waals surface area contributed by atoms with Gasteiger partial charge in [-0.2, -0.15) is 23.0 Å². The van der Waals surface area contributed by atoms with Gasteiger partial charge in [-0.25, -0.2) is 13.2 Å². The Bertz CT molecular complexity index is 2080. The number of fused-ring (bicyclic) bond motifs is 1. The molecule has 306 valence electrons. The summed E-state index contributed by atoms with van der Waals surface area (Å²) in [6, 6.07) is 20.7. The van der Waals surface area contributed by atoms with E-state index in [4.69, 9.17) is 25.5 Å². The first-order valence-corrected chi connectivity index (χ1v) is 22.7. The zero-order chi connectivity index (χ0) is 41.5. The van der Waals surface area contributed by atoms with Crippen LogP contribution in [0.25, 0.3) is 10.9 Å². The fourth-order valence-electron chi connectivity index (χ4n) is 6.21. The van der Waals surface area contributed by atoms with Gasteiger partial charge in [-0.3, -0.25) is 14.4 Å². The van der Waals surface area contributed by atoms with Gasteiger partial charge < -0.3 is 19.0 Å². The molecule has 56 heavy (non-hydrogen) atoms. The number of sulfonamides is 1. The van der Waals surface area contributed by atoms with Gasteiger partial charge in [0.1, 0.15) is 18.0 Å². The lowest BCUT2D eigenvalue weighted by molar-refractivity contribution is -0.151. The number of carbonyl (C=O) groups is 2. The second-order valence-electron chi connectivity index (χ2n) is 14.3. The van der Waals surface area contributed by atoms with Crippen LogP contribution in [0.1, 0.15) is 64.5 Å². The van der Waals surface area contributed by atoms with E-state index in [1.807, 2.05) is 30.3 Å². The van der Waals surface area contributed by atoms with Gasteiger partial charge >= 0.3 is 18.2 Å². The van der Waals surface area contributed by atoms with Crippen LogP contribution in [0.5, 0.6) is 5.75 Å². The molecule has 1 aromatic heterocycles. The van der Waals surface area contributed by atoms with E-state index in [1.165, 1.54) is 12.1 Å². The number of aromatic nitrogens is 2. The largest absolute Gasteiger partial charge is 0.492 e. The van der Waals surface area contributed by atoms with E-state index in [9.17, 15) is 36.3 Å². The number of nitrogens with one attached hydrogen (secondary N) is 1. The Labute approximate surface area is 331 Å². The first-order chi connectivity index (χ1) is 26.2. The second kappa shape index (κ2) is 18.4. The number of halogens is 4. The van der Waals surface area contributed by atoms with Crippen LogP contribution >= 0.6 is 11.6 Å². The van der Waals surface area contributed by atoms with Crippen molar-refractivity contribution in [2.75, 3.05) is 30.2 Å². The summed E-state index contributed by atoms with van der Waals surface area (Å²) in [5.74, 6) is -1.68. The molecule has 0 aliphatic heterocycles. The number of esters is 1. The lowest BCUT2D eigenvalue weighted by Crippen LogP contribution is -2.41. The Morgan fingerprint density at radius 1 is 1.00 bits per heavy atom. The third kappa shape index (κ3) is 12.2. The molecule has 0 aliphatic carbocycles. The minimum absolute atomic E-state index is 0.0621. The lowest BCUT2D eigenvalue weighted by atomic mass is 10.1. The van der Waals surface area contributed by atoms with Gasteiger partial charge in [0.15, 0.2) is 19.8 Å². The first-order valence-electron chi connectivity index (χ1n) is 18.1. The Hall–Kier alpha value is -4.16. The van der Waals surface area contributed by atoms with Crippen molar-refractivity contribution >= 4 is 58.6 Å². The van der Waals surface area contributed by atoms with Crippen LogP contribution in [0, 0.1) is 0 Å². The fourth-order valence-corrected chi connectivity index (χ4v) is 10.2. The van der Waals surface area contributed by atoms with Crippen LogP contribution in [-0.4, -0.2) is 79.6 Å². The number of ether oxygens (including phenoxy) is 2. The van der Waals surface area contributed by atoms with Crippen LogP contribution in [-0.2, 0) is 36.7 Å².